The number of rotatable bonds is 3. The second-order valence-corrected chi connectivity index (χ2v) is 4.94. The lowest BCUT2D eigenvalue weighted by molar-refractivity contribution is 0.0727. The van der Waals surface area contributed by atoms with Crippen LogP contribution >= 0.6 is 0 Å². The zero-order valence-corrected chi connectivity index (χ0v) is 11.8. The molecule has 0 saturated carbocycles. The molecule has 0 unspecified atom stereocenters. The van der Waals surface area contributed by atoms with Crippen LogP contribution in [0.25, 0.3) is 0 Å². The van der Waals surface area contributed by atoms with Crippen molar-refractivity contribution in [2.24, 2.45) is 0 Å². The minimum absolute atomic E-state index is 0.0918. The van der Waals surface area contributed by atoms with Crippen molar-refractivity contribution in [2.75, 3.05) is 13.7 Å². The second-order valence-electron chi connectivity index (χ2n) is 4.94. The first-order chi connectivity index (χ1) is 10.3. The minimum Gasteiger partial charge on any atom is -0.380 e. The Hall–Kier alpha value is -2.34. The molecule has 108 valence electrons. The van der Waals surface area contributed by atoms with Gasteiger partial charge in [-0.05, 0) is 23.1 Å². The summed E-state index contributed by atoms with van der Waals surface area (Å²) in [6.45, 7) is 1.77. The third kappa shape index (κ3) is 2.75. The zero-order valence-electron chi connectivity index (χ0n) is 11.8. The average molecular weight is 284 g/mol. The van der Waals surface area contributed by atoms with Crippen molar-refractivity contribution in [3.63, 3.8) is 0 Å². The molecule has 1 aliphatic rings. The molecule has 0 atom stereocenters. The molecule has 0 aromatic carbocycles. The van der Waals surface area contributed by atoms with Crippen LogP contribution < -0.4 is 0 Å². The smallest absolute Gasteiger partial charge is 0.274 e. The van der Waals surface area contributed by atoms with Crippen LogP contribution in [0.1, 0.15) is 27.2 Å². The molecule has 6 heteroatoms. The summed E-state index contributed by atoms with van der Waals surface area (Å²) in [5.41, 5.74) is 3.80. The Labute approximate surface area is 122 Å². The third-order valence-corrected chi connectivity index (χ3v) is 3.60. The maximum Gasteiger partial charge on any atom is 0.274 e. The van der Waals surface area contributed by atoms with Crippen LogP contribution in [0, 0.1) is 0 Å². The highest BCUT2D eigenvalue weighted by molar-refractivity contribution is 5.92. The molecule has 1 amide bonds. The number of ether oxygens (including phenoxy) is 1. The molecule has 3 heterocycles. The molecule has 0 fully saturated rings. The fourth-order valence-corrected chi connectivity index (χ4v) is 2.59. The van der Waals surface area contributed by atoms with Crippen molar-refractivity contribution < 1.29 is 9.53 Å². The molecule has 0 bridgehead atoms. The van der Waals surface area contributed by atoms with Crippen LogP contribution in [0.4, 0.5) is 0 Å². The fourth-order valence-electron chi connectivity index (χ4n) is 2.59. The van der Waals surface area contributed by atoms with E-state index in [0.29, 0.717) is 25.4 Å². The van der Waals surface area contributed by atoms with E-state index >= 15 is 0 Å². The van der Waals surface area contributed by atoms with Crippen molar-refractivity contribution in [1.29, 1.82) is 0 Å². The standard InChI is InChI=1S/C15H16N4O2/c1-21-10-12-7-17-6-11-9-19(5-2-13(11)12)15(20)14-8-16-3-4-18-14/h3-4,6-8H,2,5,9-10H2,1H3. The van der Waals surface area contributed by atoms with Crippen LogP contribution in [-0.4, -0.2) is 39.4 Å². The van der Waals surface area contributed by atoms with E-state index in [2.05, 4.69) is 15.0 Å². The van der Waals surface area contributed by atoms with E-state index in [-0.39, 0.29) is 5.91 Å². The van der Waals surface area contributed by atoms with E-state index in [4.69, 9.17) is 4.74 Å². The number of aromatic nitrogens is 3. The van der Waals surface area contributed by atoms with Gasteiger partial charge in [-0.15, -0.1) is 0 Å². The number of nitrogens with zero attached hydrogens (tertiary/aromatic N) is 4. The predicted octanol–water partition coefficient (Wildman–Crippen LogP) is 1.22. The third-order valence-electron chi connectivity index (χ3n) is 3.60. The number of hydrogen-bond donors (Lipinski definition) is 0. The molecule has 0 radical (unpaired) electrons. The second kappa shape index (κ2) is 5.97. The molecule has 2 aromatic heterocycles. The highest BCUT2D eigenvalue weighted by Gasteiger charge is 2.24. The van der Waals surface area contributed by atoms with Crippen molar-refractivity contribution in [1.82, 2.24) is 19.9 Å². The number of methoxy groups -OCH3 is 1. The quantitative estimate of drug-likeness (QED) is 0.847. The topological polar surface area (TPSA) is 68.2 Å². The van der Waals surface area contributed by atoms with Gasteiger partial charge >= 0.3 is 0 Å². The number of amides is 1. The van der Waals surface area contributed by atoms with Crippen molar-refractivity contribution in [3.8, 4) is 0 Å². The van der Waals surface area contributed by atoms with Gasteiger partial charge in [0.1, 0.15) is 5.69 Å². The summed E-state index contributed by atoms with van der Waals surface area (Å²) in [6.07, 6.45) is 9.06. The van der Waals surface area contributed by atoms with Gasteiger partial charge < -0.3 is 9.64 Å². The number of carbonyl (C=O) groups is 1. The summed E-state index contributed by atoms with van der Waals surface area (Å²) in [6, 6.07) is 0. The first kappa shape index (κ1) is 13.6. The largest absolute Gasteiger partial charge is 0.380 e. The molecular formula is C15H16N4O2. The number of carbonyl (C=O) groups excluding carboxylic acids is 1. The molecule has 1 aliphatic heterocycles. The molecule has 3 rings (SSSR count). The van der Waals surface area contributed by atoms with Crippen molar-refractivity contribution in [2.45, 2.75) is 19.6 Å². The Balaban J connectivity index is 1.82. The van der Waals surface area contributed by atoms with E-state index in [0.717, 1.165) is 17.5 Å². The van der Waals surface area contributed by atoms with Crippen molar-refractivity contribution in [3.05, 3.63) is 53.4 Å². The molecule has 21 heavy (non-hydrogen) atoms. The van der Waals surface area contributed by atoms with E-state index in [1.54, 1.807) is 18.2 Å². The first-order valence-electron chi connectivity index (χ1n) is 6.78. The summed E-state index contributed by atoms with van der Waals surface area (Å²) >= 11 is 0. The van der Waals surface area contributed by atoms with Gasteiger partial charge in [0.15, 0.2) is 0 Å². The maximum atomic E-state index is 12.4. The Bertz CT molecular complexity index is 645. The molecule has 0 saturated heterocycles. The fraction of sp³-hybridized carbons (Fsp3) is 0.333. The average Bonchev–Trinajstić information content (AvgIpc) is 2.55. The Morgan fingerprint density at radius 1 is 1.29 bits per heavy atom. The van der Waals surface area contributed by atoms with Gasteiger partial charge in [-0.2, -0.15) is 0 Å². The molecule has 0 spiro atoms. The van der Waals surface area contributed by atoms with Crippen LogP contribution in [-0.2, 0) is 24.3 Å². The highest BCUT2D eigenvalue weighted by atomic mass is 16.5. The van der Waals surface area contributed by atoms with Crippen LogP contribution in [0.15, 0.2) is 31.0 Å². The Morgan fingerprint density at radius 2 is 2.19 bits per heavy atom. The van der Waals surface area contributed by atoms with Gasteiger partial charge in [0.2, 0.25) is 0 Å². The summed E-state index contributed by atoms with van der Waals surface area (Å²) in [4.78, 5) is 26.4. The summed E-state index contributed by atoms with van der Waals surface area (Å²) in [7, 11) is 1.67. The number of pyridine rings is 1. The highest BCUT2D eigenvalue weighted by Crippen LogP contribution is 2.22. The van der Waals surface area contributed by atoms with Gasteiger partial charge in [0.05, 0.1) is 12.8 Å². The monoisotopic (exact) mass is 284 g/mol. The van der Waals surface area contributed by atoms with E-state index < -0.39 is 0 Å². The van der Waals surface area contributed by atoms with Gasteiger partial charge in [0.25, 0.3) is 5.91 Å². The van der Waals surface area contributed by atoms with E-state index in [1.807, 2.05) is 12.4 Å². The maximum absolute atomic E-state index is 12.4. The van der Waals surface area contributed by atoms with Gasteiger partial charge in [-0.3, -0.25) is 14.8 Å². The Kier molecular flexibility index (Phi) is 3.87. The molecule has 2 aromatic rings. The van der Waals surface area contributed by atoms with E-state index in [1.165, 1.54) is 18.0 Å². The normalized spacial score (nSPS) is 13.9. The first-order valence-corrected chi connectivity index (χ1v) is 6.78. The lowest BCUT2D eigenvalue weighted by Gasteiger charge is -2.29. The molecule has 6 nitrogen and oxygen atoms in total. The number of hydrogen-bond acceptors (Lipinski definition) is 5. The summed E-state index contributed by atoms with van der Waals surface area (Å²) in [5.74, 6) is -0.0918. The summed E-state index contributed by atoms with van der Waals surface area (Å²) in [5, 5.41) is 0. The molecule has 0 N–H and O–H groups in total. The van der Waals surface area contributed by atoms with E-state index in [9.17, 15) is 4.79 Å². The number of fused-ring (bicyclic) bond motifs is 1. The summed E-state index contributed by atoms with van der Waals surface area (Å²) < 4.78 is 5.20. The SMILES string of the molecule is COCc1cncc2c1CCN(C(=O)c1cnccn1)C2. The van der Waals surface area contributed by atoms with Gasteiger partial charge in [0, 0.05) is 45.0 Å². The van der Waals surface area contributed by atoms with Crippen LogP contribution in [0.5, 0.6) is 0 Å². The van der Waals surface area contributed by atoms with Gasteiger partial charge in [-0.25, -0.2) is 4.98 Å². The minimum atomic E-state index is -0.0918. The lowest BCUT2D eigenvalue weighted by atomic mass is 9.97. The van der Waals surface area contributed by atoms with Crippen LogP contribution in [0.3, 0.4) is 0 Å². The van der Waals surface area contributed by atoms with Crippen molar-refractivity contribution >= 4 is 5.91 Å². The zero-order chi connectivity index (χ0) is 14.7. The lowest BCUT2D eigenvalue weighted by Crippen LogP contribution is -2.37. The Morgan fingerprint density at radius 3 is 2.95 bits per heavy atom. The van der Waals surface area contributed by atoms with Gasteiger partial charge in [-0.1, -0.05) is 0 Å². The predicted molar refractivity (Wildman–Crippen MR) is 75.4 cm³/mol. The van der Waals surface area contributed by atoms with Crippen LogP contribution in [0.2, 0.25) is 0 Å². The molecular weight excluding hydrogens is 268 g/mol. The molecule has 0 aliphatic carbocycles.